The van der Waals surface area contributed by atoms with Crippen molar-refractivity contribution in [3.63, 3.8) is 0 Å². The van der Waals surface area contributed by atoms with E-state index in [1.165, 1.54) is 44.6 Å². The van der Waals surface area contributed by atoms with Crippen LogP contribution in [-0.2, 0) is 9.59 Å². The van der Waals surface area contributed by atoms with Crippen LogP contribution in [-0.4, -0.2) is 11.9 Å². The van der Waals surface area contributed by atoms with Gasteiger partial charge < -0.3 is 19.8 Å². The van der Waals surface area contributed by atoms with Gasteiger partial charge in [-0.25, -0.2) is 0 Å². The summed E-state index contributed by atoms with van der Waals surface area (Å²) in [7, 11) is 0. The summed E-state index contributed by atoms with van der Waals surface area (Å²) in [6, 6.07) is 0. The van der Waals surface area contributed by atoms with E-state index < -0.39 is 24.3 Å². The molecule has 0 aliphatic carbocycles. The molecule has 0 N–H and O–H groups in total. The van der Waals surface area contributed by atoms with Crippen LogP contribution in [0.25, 0.3) is 0 Å². The second kappa shape index (κ2) is 19.7. The number of hydrogen-bond acceptors (Lipinski definition) is 4. The van der Waals surface area contributed by atoms with Crippen molar-refractivity contribution in [1.29, 1.82) is 0 Å². The molecule has 0 bridgehead atoms. The van der Waals surface area contributed by atoms with E-state index in [9.17, 15) is 19.8 Å². The molecule has 0 aromatic rings. The fourth-order valence-electron chi connectivity index (χ4n) is 2.07. The Balaban J connectivity index is -0.00000180. The molecule has 0 saturated heterocycles. The van der Waals surface area contributed by atoms with Crippen LogP contribution in [0.4, 0.5) is 0 Å². The molecule has 1 unspecified atom stereocenters. The molecule has 0 radical (unpaired) electrons. The third-order valence-corrected chi connectivity index (χ3v) is 3.28. The molecule has 0 aromatic carbocycles. The van der Waals surface area contributed by atoms with Gasteiger partial charge in [0.15, 0.2) is 0 Å². The van der Waals surface area contributed by atoms with Crippen LogP contribution in [0.3, 0.4) is 0 Å². The van der Waals surface area contributed by atoms with Gasteiger partial charge in [0.2, 0.25) is 0 Å². The molecular weight excluding hydrogens is 302 g/mol. The summed E-state index contributed by atoms with van der Waals surface area (Å²) >= 11 is 0. The summed E-state index contributed by atoms with van der Waals surface area (Å²) in [6.45, 7) is 2.20. The van der Waals surface area contributed by atoms with Gasteiger partial charge in [0.1, 0.15) is 0 Å². The van der Waals surface area contributed by atoms with Crippen LogP contribution in [0.2, 0.25) is 0 Å². The smallest absolute Gasteiger partial charge is 0.550 e. The van der Waals surface area contributed by atoms with Gasteiger partial charge in [0.05, 0.1) is 0 Å². The number of carbonyl (C=O) groups is 2. The Bertz CT molecular complexity index is 307. The summed E-state index contributed by atoms with van der Waals surface area (Å²) in [5, 5.41) is 21.0. The fourth-order valence-corrected chi connectivity index (χ4v) is 2.07. The summed E-state index contributed by atoms with van der Waals surface area (Å²) < 4.78 is 0. The first kappa shape index (κ1) is 27.5. The maximum atomic E-state index is 10.7. The Morgan fingerprint density at radius 3 is 1.86 bits per heavy atom. The predicted octanol–water partition coefficient (Wildman–Crippen LogP) is -4.41. The van der Waals surface area contributed by atoms with Gasteiger partial charge in [0.25, 0.3) is 0 Å². The van der Waals surface area contributed by atoms with Crippen molar-refractivity contribution in [3.05, 3.63) is 12.2 Å². The molecule has 4 nitrogen and oxygen atoms in total. The Labute approximate surface area is 178 Å². The topological polar surface area (TPSA) is 80.3 Å². The van der Waals surface area contributed by atoms with Gasteiger partial charge in [-0.15, -0.1) is 0 Å². The second-order valence-corrected chi connectivity index (χ2v) is 5.19. The molecule has 0 aliphatic heterocycles. The summed E-state index contributed by atoms with van der Waals surface area (Å²) in [5.41, 5.74) is 0. The van der Waals surface area contributed by atoms with E-state index in [1.807, 2.05) is 0 Å². The largest absolute Gasteiger partial charge is 1.00 e. The number of carbonyl (C=O) groups excluding carboxylic acids is 2. The molecule has 0 aromatic heterocycles. The minimum atomic E-state index is -1.36. The monoisotopic (exact) mass is 328 g/mol. The minimum Gasteiger partial charge on any atom is -0.550 e. The second-order valence-electron chi connectivity index (χ2n) is 5.19. The van der Waals surface area contributed by atoms with Gasteiger partial charge in [-0.2, -0.15) is 0 Å². The van der Waals surface area contributed by atoms with Crippen molar-refractivity contribution < 1.29 is 78.9 Å². The van der Waals surface area contributed by atoms with E-state index in [0.717, 1.165) is 19.3 Å². The van der Waals surface area contributed by atoms with Gasteiger partial charge in [0, 0.05) is 17.9 Å². The van der Waals surface area contributed by atoms with E-state index in [4.69, 9.17) is 0 Å². The third-order valence-electron chi connectivity index (χ3n) is 3.28. The summed E-state index contributed by atoms with van der Waals surface area (Å²) in [4.78, 5) is 21.0. The first-order valence-corrected chi connectivity index (χ1v) is 7.65. The molecule has 1 atom stereocenters. The summed E-state index contributed by atoms with van der Waals surface area (Å²) in [5.74, 6) is -3.80. The van der Waals surface area contributed by atoms with Gasteiger partial charge >= 0.3 is 59.1 Å². The first-order chi connectivity index (χ1) is 9.57. The SMILES string of the molecule is CCCCCCCCCCC=CC(CC(=O)[O-])C(=O)[O-].[Na+].[Na+]. The standard InChI is InChI=1S/C16H28O4.2Na/c1-2-3-4-5-6-7-8-9-10-11-12-14(16(19)20)13-15(17)18;;/h11-12,14H,2-10,13H2,1H3,(H,17,18)(H,19,20);;/q;2*+1/p-2. The maximum absolute atomic E-state index is 10.7. The van der Waals surface area contributed by atoms with Gasteiger partial charge in [-0.05, 0) is 19.3 Å². The molecule has 0 spiro atoms. The number of hydrogen-bond donors (Lipinski definition) is 0. The number of allylic oxidation sites excluding steroid dienone is 1. The van der Waals surface area contributed by atoms with Crippen molar-refractivity contribution in [1.82, 2.24) is 0 Å². The summed E-state index contributed by atoms with van der Waals surface area (Å²) in [6.07, 6.45) is 13.2. The minimum absolute atomic E-state index is 0. The first-order valence-electron chi connectivity index (χ1n) is 7.65. The van der Waals surface area contributed by atoms with Crippen molar-refractivity contribution in [2.24, 2.45) is 5.92 Å². The zero-order valence-corrected chi connectivity index (χ0v) is 18.4. The molecule has 0 aliphatic rings. The van der Waals surface area contributed by atoms with Crippen LogP contribution in [0, 0.1) is 5.92 Å². The van der Waals surface area contributed by atoms with Crippen LogP contribution < -0.4 is 69.3 Å². The third kappa shape index (κ3) is 18.7. The van der Waals surface area contributed by atoms with Gasteiger partial charge in [-0.1, -0.05) is 64.0 Å². The molecule has 0 heterocycles. The van der Waals surface area contributed by atoms with E-state index in [-0.39, 0.29) is 59.1 Å². The van der Waals surface area contributed by atoms with E-state index in [2.05, 4.69) is 6.92 Å². The Morgan fingerprint density at radius 1 is 0.909 bits per heavy atom. The van der Waals surface area contributed by atoms with Crippen molar-refractivity contribution >= 4 is 11.9 Å². The Morgan fingerprint density at radius 2 is 1.41 bits per heavy atom. The zero-order valence-electron chi connectivity index (χ0n) is 14.4. The normalized spacial score (nSPS) is 11.5. The average molecular weight is 328 g/mol. The molecule has 0 saturated carbocycles. The number of carboxylic acids is 2. The number of aliphatic carboxylic acids is 2. The van der Waals surface area contributed by atoms with Gasteiger partial charge in [-0.3, -0.25) is 0 Å². The van der Waals surface area contributed by atoms with Crippen LogP contribution >= 0.6 is 0 Å². The van der Waals surface area contributed by atoms with E-state index in [1.54, 1.807) is 6.08 Å². The van der Waals surface area contributed by atoms with E-state index >= 15 is 0 Å². The number of unbranched alkanes of at least 4 members (excludes halogenated alkanes) is 8. The van der Waals surface area contributed by atoms with Crippen LogP contribution in [0.15, 0.2) is 12.2 Å². The quantitative estimate of drug-likeness (QED) is 0.194. The molecule has 0 rings (SSSR count). The van der Waals surface area contributed by atoms with Crippen molar-refractivity contribution in [2.45, 2.75) is 71.1 Å². The fraction of sp³-hybridized carbons (Fsp3) is 0.750. The molecular formula is C16H26Na2O4. The van der Waals surface area contributed by atoms with Crippen LogP contribution in [0.1, 0.15) is 71.1 Å². The van der Waals surface area contributed by atoms with Crippen molar-refractivity contribution in [2.75, 3.05) is 0 Å². The van der Waals surface area contributed by atoms with E-state index in [0.29, 0.717) is 0 Å². The molecule has 6 heteroatoms. The Hall–Kier alpha value is 0.680. The Kier molecular flexibility index (Phi) is 24.7. The molecule has 22 heavy (non-hydrogen) atoms. The average Bonchev–Trinajstić information content (AvgIpc) is 2.39. The predicted molar refractivity (Wildman–Crippen MR) is 74.5 cm³/mol. The number of rotatable bonds is 13. The van der Waals surface area contributed by atoms with Crippen LogP contribution in [0.5, 0.6) is 0 Å². The van der Waals surface area contributed by atoms with Crippen molar-refractivity contribution in [3.8, 4) is 0 Å². The number of carboxylic acid groups (broad SMARTS) is 2. The maximum Gasteiger partial charge on any atom is 1.00 e. The zero-order chi connectivity index (χ0) is 15.2. The molecule has 0 amide bonds. The molecule has 0 fully saturated rings. The molecule has 116 valence electrons.